The fourth-order valence-electron chi connectivity index (χ4n) is 5.46. The summed E-state index contributed by atoms with van der Waals surface area (Å²) in [5, 5.41) is 52.6. The quantitative estimate of drug-likeness (QED) is 0.0570. The molecule has 1 rings (SSSR count). The van der Waals surface area contributed by atoms with Crippen molar-refractivity contribution in [3.8, 4) is 0 Å². The zero-order chi connectivity index (χ0) is 35.7. The van der Waals surface area contributed by atoms with E-state index in [1.807, 2.05) is 0 Å². The number of carbonyl (C=O) groups excluding carboxylic acids is 9. The molecule has 0 bridgehead atoms. The molecule has 45 heavy (non-hydrogen) atoms. The van der Waals surface area contributed by atoms with Crippen molar-refractivity contribution in [2.75, 3.05) is 6.61 Å². The van der Waals surface area contributed by atoms with E-state index in [-0.39, 0.29) is 0 Å². The van der Waals surface area contributed by atoms with Crippen molar-refractivity contribution in [3.63, 3.8) is 0 Å². The SMILES string of the molecule is CC(=O)C(O)(C(C)=O)C(OC(C(C)=O)(C(C)=O)C(O[C@]1(OC=O)O[C@H](CO)[C@@H](O)[C@H](O)[C@H]1O)(C(C)=O)C(C)=O)(C(C)=O)C(C)=O. The van der Waals surface area contributed by atoms with Crippen LogP contribution in [0.2, 0.25) is 0 Å². The Bertz CT molecular complexity index is 1240. The molecule has 1 aliphatic rings. The first-order valence-corrected chi connectivity index (χ1v) is 13.1. The molecule has 5 atom stereocenters. The second-order valence-electron chi connectivity index (χ2n) is 10.5. The number of aliphatic hydroxyl groups excluding tert-OH is 4. The van der Waals surface area contributed by atoms with Crippen molar-refractivity contribution in [3.05, 3.63) is 0 Å². The highest BCUT2D eigenvalue weighted by Gasteiger charge is 2.77. The minimum atomic E-state index is -3.99. The maximum absolute atomic E-state index is 13.6. The first-order valence-electron chi connectivity index (χ1n) is 13.1. The minimum Gasteiger partial charge on any atom is -0.408 e. The molecule has 1 aliphatic heterocycles. The average molecular weight is 649 g/mol. The molecule has 0 aromatic carbocycles. The summed E-state index contributed by atoms with van der Waals surface area (Å²) in [6, 6.07) is 0. The van der Waals surface area contributed by atoms with E-state index < -0.39 is 112 Å². The van der Waals surface area contributed by atoms with Crippen molar-refractivity contribution >= 4 is 52.7 Å². The van der Waals surface area contributed by atoms with E-state index in [0.717, 1.165) is 0 Å². The van der Waals surface area contributed by atoms with Crippen LogP contribution < -0.4 is 0 Å². The molecule has 5 N–H and O–H groups in total. The van der Waals surface area contributed by atoms with Gasteiger partial charge in [-0.15, -0.1) is 0 Å². The monoisotopic (exact) mass is 648 g/mol. The molecular formula is C27H36O18. The van der Waals surface area contributed by atoms with Gasteiger partial charge in [0.05, 0.1) is 6.61 Å². The summed E-state index contributed by atoms with van der Waals surface area (Å²) in [7, 11) is 0. The number of hydrogen-bond donors (Lipinski definition) is 5. The van der Waals surface area contributed by atoms with Gasteiger partial charge >= 0.3 is 5.97 Å². The van der Waals surface area contributed by atoms with Gasteiger partial charge < -0.3 is 39.7 Å². The third-order valence-corrected chi connectivity index (χ3v) is 7.73. The Kier molecular flexibility index (Phi) is 11.8. The fraction of sp³-hybridized carbons (Fsp3) is 0.667. The van der Waals surface area contributed by atoms with Crippen LogP contribution in [0.3, 0.4) is 0 Å². The first kappa shape index (κ1) is 39.5. The zero-order valence-electron chi connectivity index (χ0n) is 25.6. The highest BCUT2D eigenvalue weighted by molar-refractivity contribution is 6.27. The summed E-state index contributed by atoms with van der Waals surface area (Å²) >= 11 is 0. The Morgan fingerprint density at radius 3 is 1.33 bits per heavy atom. The van der Waals surface area contributed by atoms with Crippen molar-refractivity contribution < 1.29 is 87.6 Å². The number of carbonyl (C=O) groups is 9. The lowest BCUT2D eigenvalue weighted by atomic mass is 9.67. The van der Waals surface area contributed by atoms with Gasteiger partial charge in [0.2, 0.25) is 22.4 Å². The first-order chi connectivity index (χ1) is 20.4. The molecule has 0 radical (unpaired) electrons. The number of Topliss-reactive ketones (excluding diaryl/α,β-unsaturated/α-hetero) is 8. The van der Waals surface area contributed by atoms with Gasteiger partial charge in [0.15, 0.2) is 52.4 Å². The zero-order valence-corrected chi connectivity index (χ0v) is 25.6. The molecule has 0 unspecified atom stereocenters. The second kappa shape index (κ2) is 13.5. The van der Waals surface area contributed by atoms with E-state index in [1.54, 1.807) is 0 Å². The lowest BCUT2D eigenvalue weighted by Gasteiger charge is -2.54. The Morgan fingerprint density at radius 2 is 1.04 bits per heavy atom. The molecule has 1 fully saturated rings. The van der Waals surface area contributed by atoms with Gasteiger partial charge in [-0.2, -0.15) is 0 Å². The molecule has 0 saturated carbocycles. The number of hydrogen-bond acceptors (Lipinski definition) is 18. The van der Waals surface area contributed by atoms with Crippen LogP contribution in [-0.4, -0.2) is 138 Å². The summed E-state index contributed by atoms with van der Waals surface area (Å²) in [5.41, 5.74) is -15.6. The van der Waals surface area contributed by atoms with Crippen LogP contribution in [0, 0.1) is 0 Å². The highest BCUT2D eigenvalue weighted by atomic mass is 16.9. The van der Waals surface area contributed by atoms with Crippen LogP contribution in [-0.2, 0) is 62.1 Å². The number of rotatable bonds is 17. The van der Waals surface area contributed by atoms with Gasteiger partial charge in [-0.25, -0.2) is 0 Å². The molecule has 0 amide bonds. The van der Waals surface area contributed by atoms with E-state index in [4.69, 9.17) is 14.2 Å². The van der Waals surface area contributed by atoms with Gasteiger partial charge in [0.25, 0.3) is 6.47 Å². The van der Waals surface area contributed by atoms with Crippen molar-refractivity contribution in [1.82, 2.24) is 0 Å². The topological polar surface area (TPSA) is 292 Å². The van der Waals surface area contributed by atoms with Gasteiger partial charge in [0.1, 0.15) is 18.3 Å². The van der Waals surface area contributed by atoms with E-state index in [0.29, 0.717) is 55.4 Å². The smallest absolute Gasteiger partial charge is 0.361 e. The third-order valence-electron chi connectivity index (χ3n) is 7.73. The summed E-state index contributed by atoms with van der Waals surface area (Å²) < 4.78 is 20.9. The maximum Gasteiger partial charge on any atom is 0.361 e. The van der Waals surface area contributed by atoms with Crippen molar-refractivity contribution in [2.24, 2.45) is 0 Å². The average Bonchev–Trinajstić information content (AvgIpc) is 2.91. The Morgan fingerprint density at radius 1 is 0.667 bits per heavy atom. The van der Waals surface area contributed by atoms with Gasteiger partial charge in [0, 0.05) is 0 Å². The third kappa shape index (κ3) is 5.61. The maximum atomic E-state index is 13.6. The number of ketones is 8. The van der Waals surface area contributed by atoms with E-state index >= 15 is 0 Å². The summed E-state index contributed by atoms with van der Waals surface area (Å²) in [5.74, 6) is -17.3. The van der Waals surface area contributed by atoms with Gasteiger partial charge in [-0.3, -0.25) is 47.9 Å². The van der Waals surface area contributed by atoms with Crippen molar-refractivity contribution in [2.45, 2.75) is 108 Å². The largest absolute Gasteiger partial charge is 0.408 e. The normalized spacial score (nSPS) is 24.3. The van der Waals surface area contributed by atoms with E-state index in [9.17, 15) is 68.7 Å². The lowest BCUT2D eigenvalue weighted by Crippen LogP contribution is -2.82. The van der Waals surface area contributed by atoms with Crippen LogP contribution in [0.5, 0.6) is 0 Å². The van der Waals surface area contributed by atoms with Crippen LogP contribution in [0.1, 0.15) is 55.4 Å². The molecule has 0 aliphatic carbocycles. The Labute approximate surface area is 255 Å². The molecule has 0 spiro atoms. The lowest BCUT2D eigenvalue weighted by molar-refractivity contribution is -0.463. The minimum absolute atomic E-state index is 0.470. The molecule has 18 heteroatoms. The molecular weight excluding hydrogens is 612 g/mol. The van der Waals surface area contributed by atoms with Crippen LogP contribution in [0.4, 0.5) is 0 Å². The summed E-state index contributed by atoms with van der Waals surface area (Å²) in [6.07, 6.45) is -9.45. The van der Waals surface area contributed by atoms with E-state index in [2.05, 4.69) is 4.74 Å². The Hall–Kier alpha value is -3.49. The predicted molar refractivity (Wildman–Crippen MR) is 141 cm³/mol. The molecule has 1 saturated heterocycles. The number of ether oxygens (including phenoxy) is 4. The molecule has 18 nitrogen and oxygen atoms in total. The summed E-state index contributed by atoms with van der Waals surface area (Å²) in [4.78, 5) is 118. The Balaban J connectivity index is 4.61. The number of aliphatic hydroxyl groups is 5. The summed E-state index contributed by atoms with van der Waals surface area (Å²) in [6.45, 7) is 2.24. The van der Waals surface area contributed by atoms with Crippen molar-refractivity contribution in [1.29, 1.82) is 0 Å². The van der Waals surface area contributed by atoms with Crippen LogP contribution >= 0.6 is 0 Å². The van der Waals surface area contributed by atoms with Gasteiger partial charge in [-0.1, -0.05) is 0 Å². The fourth-order valence-corrected chi connectivity index (χ4v) is 5.46. The van der Waals surface area contributed by atoms with Gasteiger partial charge in [-0.05, 0) is 55.4 Å². The molecule has 252 valence electrons. The molecule has 1 heterocycles. The molecule has 0 aromatic heterocycles. The second-order valence-corrected chi connectivity index (χ2v) is 10.5. The standard InChI is InChI=1S/C27H36O18/c1-11(30)23(41,12(2)31)24(13(3)32,14(4)33)44-25(15(5)34,16(6)35)26(17(7)36,18(8)37)45-27(42-10-29)22(40)21(39)20(38)19(9-28)43-27/h10,19-22,28,38-41H,9H2,1-8H3/t19-,20-,21+,22-,27-/m1/s1. The van der Waals surface area contributed by atoms with E-state index in [1.165, 1.54) is 0 Å². The highest BCUT2D eigenvalue weighted by Crippen LogP contribution is 2.46. The molecule has 0 aromatic rings. The van der Waals surface area contributed by atoms with Crippen LogP contribution in [0.15, 0.2) is 0 Å². The predicted octanol–water partition coefficient (Wildman–Crippen LogP) is -4.02. The van der Waals surface area contributed by atoms with Crippen LogP contribution in [0.25, 0.3) is 0 Å².